The van der Waals surface area contributed by atoms with Crippen LogP contribution in [0.3, 0.4) is 0 Å². The number of nitrogens with zero attached hydrogens (tertiary/aromatic N) is 8. The van der Waals surface area contributed by atoms with E-state index >= 15 is 0 Å². The van der Waals surface area contributed by atoms with E-state index in [4.69, 9.17) is 9.84 Å². The van der Waals surface area contributed by atoms with Gasteiger partial charge in [0.2, 0.25) is 0 Å². The van der Waals surface area contributed by atoms with Crippen LogP contribution in [0.2, 0.25) is 0 Å². The zero-order valence-corrected chi connectivity index (χ0v) is 17.6. The third-order valence-electron chi connectivity index (χ3n) is 3.95. The predicted octanol–water partition coefficient (Wildman–Crippen LogP) is 1.82. The Hall–Kier alpha value is -4.48. The first kappa shape index (κ1) is 22.2. The molecule has 0 aromatic carbocycles. The molecular weight excluding hydrogens is 416 g/mol. The minimum atomic E-state index is -1.03. The first-order chi connectivity index (χ1) is 15.4. The number of aryl methyl sites for hydroxylation is 2. The average molecular weight is 436 g/mol. The van der Waals surface area contributed by atoms with Crippen LogP contribution in [0, 0.1) is 13.8 Å². The second-order valence-corrected chi connectivity index (χ2v) is 6.38. The number of carboxylic acid groups (broad SMARTS) is 1. The predicted molar refractivity (Wildman–Crippen MR) is 111 cm³/mol. The van der Waals surface area contributed by atoms with Gasteiger partial charge in [0, 0.05) is 0 Å². The number of aromatic nitrogens is 8. The molecule has 4 rings (SSSR count). The van der Waals surface area contributed by atoms with Crippen molar-refractivity contribution < 1.29 is 19.4 Å². The summed E-state index contributed by atoms with van der Waals surface area (Å²) >= 11 is 0. The van der Waals surface area contributed by atoms with E-state index in [2.05, 4.69) is 30.1 Å². The molecule has 0 fully saturated rings. The van der Waals surface area contributed by atoms with Crippen LogP contribution in [-0.4, -0.2) is 63.1 Å². The van der Waals surface area contributed by atoms with E-state index in [9.17, 15) is 9.59 Å². The Balaban J connectivity index is 0.000000182. The van der Waals surface area contributed by atoms with Crippen molar-refractivity contribution in [1.29, 1.82) is 0 Å². The maximum Gasteiger partial charge on any atom is 0.357 e. The topological polar surface area (TPSA) is 151 Å². The van der Waals surface area contributed by atoms with E-state index in [0.717, 1.165) is 5.69 Å². The van der Waals surface area contributed by atoms with Crippen molar-refractivity contribution in [1.82, 2.24) is 39.5 Å². The van der Waals surface area contributed by atoms with Crippen LogP contribution in [0.1, 0.15) is 39.3 Å². The highest BCUT2D eigenvalue weighted by molar-refractivity contribution is 5.88. The standard InChI is InChI=1S/C11H12N4O2.C9H8N4O2/c1-3-17-11(16)10-4-8(2)14-15(10)9-5-12-7-13-6-9;1-6-2-8(9(14)15)13(12-6)7-3-10-5-11-4-7/h4-7H,3H2,1-2H3;2-5H,1H3,(H,14,15). The zero-order chi connectivity index (χ0) is 23.1. The molecule has 4 aromatic heterocycles. The molecule has 0 aliphatic heterocycles. The smallest absolute Gasteiger partial charge is 0.357 e. The Morgan fingerprint density at radius 2 is 1.28 bits per heavy atom. The molecule has 0 bridgehead atoms. The normalized spacial score (nSPS) is 10.2. The third-order valence-corrected chi connectivity index (χ3v) is 3.95. The molecule has 4 aromatic rings. The van der Waals surface area contributed by atoms with Gasteiger partial charge in [0.05, 0.1) is 42.8 Å². The second-order valence-electron chi connectivity index (χ2n) is 6.38. The molecule has 12 heteroatoms. The lowest BCUT2D eigenvalue weighted by Crippen LogP contribution is -2.12. The summed E-state index contributed by atoms with van der Waals surface area (Å²) in [5, 5.41) is 17.2. The number of hydrogen-bond acceptors (Lipinski definition) is 9. The van der Waals surface area contributed by atoms with E-state index < -0.39 is 11.9 Å². The Bertz CT molecular complexity index is 1210. The van der Waals surface area contributed by atoms with E-state index in [-0.39, 0.29) is 5.69 Å². The molecular formula is C20H20N8O4. The highest BCUT2D eigenvalue weighted by atomic mass is 16.5. The van der Waals surface area contributed by atoms with E-state index in [1.165, 1.54) is 40.5 Å². The van der Waals surface area contributed by atoms with Crippen molar-refractivity contribution in [3.05, 3.63) is 72.4 Å². The van der Waals surface area contributed by atoms with Gasteiger partial charge in [-0.15, -0.1) is 0 Å². The molecule has 0 radical (unpaired) electrons. The summed E-state index contributed by atoms with van der Waals surface area (Å²) in [5.74, 6) is -1.43. The van der Waals surface area contributed by atoms with Crippen LogP contribution >= 0.6 is 0 Å². The Kier molecular flexibility index (Phi) is 6.95. The lowest BCUT2D eigenvalue weighted by Gasteiger charge is -2.05. The van der Waals surface area contributed by atoms with Crippen LogP contribution in [0.5, 0.6) is 0 Å². The maximum absolute atomic E-state index is 11.7. The van der Waals surface area contributed by atoms with Gasteiger partial charge in [0.15, 0.2) is 11.4 Å². The minimum absolute atomic E-state index is 0.0994. The number of esters is 1. The summed E-state index contributed by atoms with van der Waals surface area (Å²) in [6.45, 7) is 5.63. The zero-order valence-electron chi connectivity index (χ0n) is 17.6. The van der Waals surface area contributed by atoms with Crippen molar-refractivity contribution in [3.8, 4) is 11.4 Å². The van der Waals surface area contributed by atoms with Crippen molar-refractivity contribution >= 4 is 11.9 Å². The van der Waals surface area contributed by atoms with Crippen molar-refractivity contribution in [2.75, 3.05) is 6.61 Å². The highest BCUT2D eigenvalue weighted by Gasteiger charge is 2.16. The van der Waals surface area contributed by atoms with E-state index in [1.807, 2.05) is 6.92 Å². The number of hydrogen-bond donors (Lipinski definition) is 1. The molecule has 0 aliphatic rings. The van der Waals surface area contributed by atoms with Gasteiger partial charge in [-0.3, -0.25) is 0 Å². The lowest BCUT2D eigenvalue weighted by atomic mass is 10.3. The number of ether oxygens (including phenoxy) is 1. The molecule has 0 atom stereocenters. The number of carbonyl (C=O) groups is 2. The SMILES string of the molecule is CCOC(=O)c1cc(C)nn1-c1cncnc1.Cc1cc(C(=O)O)n(-c2cncnc2)n1. The Morgan fingerprint density at radius 1 is 0.844 bits per heavy atom. The molecule has 4 heterocycles. The molecule has 1 N–H and O–H groups in total. The summed E-state index contributed by atoms with van der Waals surface area (Å²) < 4.78 is 7.75. The summed E-state index contributed by atoms with van der Waals surface area (Å²) in [6.07, 6.45) is 8.98. The summed E-state index contributed by atoms with van der Waals surface area (Å²) in [5.41, 5.74) is 3.00. The first-order valence-electron chi connectivity index (χ1n) is 9.45. The summed E-state index contributed by atoms with van der Waals surface area (Å²) in [6, 6.07) is 3.17. The minimum Gasteiger partial charge on any atom is -0.477 e. The molecule has 0 saturated heterocycles. The fourth-order valence-electron chi connectivity index (χ4n) is 2.70. The van der Waals surface area contributed by atoms with Crippen LogP contribution in [-0.2, 0) is 4.74 Å². The molecule has 0 spiro atoms. The van der Waals surface area contributed by atoms with E-state index in [0.29, 0.717) is 29.4 Å². The first-order valence-corrected chi connectivity index (χ1v) is 9.45. The molecule has 12 nitrogen and oxygen atoms in total. The largest absolute Gasteiger partial charge is 0.477 e. The van der Waals surface area contributed by atoms with Gasteiger partial charge < -0.3 is 9.84 Å². The van der Waals surface area contributed by atoms with Gasteiger partial charge in [-0.1, -0.05) is 0 Å². The van der Waals surface area contributed by atoms with Crippen LogP contribution in [0.4, 0.5) is 0 Å². The van der Waals surface area contributed by atoms with Gasteiger partial charge >= 0.3 is 11.9 Å². The van der Waals surface area contributed by atoms with Crippen LogP contribution < -0.4 is 0 Å². The molecule has 0 amide bonds. The molecule has 0 unspecified atom stereocenters. The van der Waals surface area contributed by atoms with Crippen molar-refractivity contribution in [2.24, 2.45) is 0 Å². The molecule has 0 saturated carbocycles. The van der Waals surface area contributed by atoms with Gasteiger partial charge in [-0.05, 0) is 32.9 Å². The van der Waals surface area contributed by atoms with Crippen LogP contribution in [0.25, 0.3) is 11.4 Å². The summed E-state index contributed by atoms with van der Waals surface area (Å²) in [7, 11) is 0. The lowest BCUT2D eigenvalue weighted by molar-refractivity contribution is 0.0515. The Morgan fingerprint density at radius 3 is 1.72 bits per heavy atom. The monoisotopic (exact) mass is 436 g/mol. The number of rotatable bonds is 5. The van der Waals surface area contributed by atoms with Gasteiger partial charge in [0.25, 0.3) is 0 Å². The highest BCUT2D eigenvalue weighted by Crippen LogP contribution is 2.12. The molecule has 164 valence electrons. The summed E-state index contributed by atoms with van der Waals surface area (Å²) in [4.78, 5) is 38.0. The molecule has 32 heavy (non-hydrogen) atoms. The molecule has 0 aliphatic carbocycles. The second kappa shape index (κ2) is 10.0. The van der Waals surface area contributed by atoms with Crippen molar-refractivity contribution in [3.63, 3.8) is 0 Å². The average Bonchev–Trinajstić information content (AvgIpc) is 3.39. The van der Waals surface area contributed by atoms with Gasteiger partial charge in [0.1, 0.15) is 24.0 Å². The number of carboxylic acids is 1. The van der Waals surface area contributed by atoms with Gasteiger partial charge in [-0.25, -0.2) is 38.9 Å². The number of aromatic carboxylic acids is 1. The maximum atomic E-state index is 11.7. The van der Waals surface area contributed by atoms with Crippen molar-refractivity contribution in [2.45, 2.75) is 20.8 Å². The Labute approximate surface area is 182 Å². The quantitative estimate of drug-likeness (QED) is 0.459. The fourth-order valence-corrected chi connectivity index (χ4v) is 2.70. The third kappa shape index (κ3) is 5.16. The van der Waals surface area contributed by atoms with Crippen LogP contribution in [0.15, 0.2) is 49.6 Å². The number of carbonyl (C=O) groups excluding carboxylic acids is 1. The van der Waals surface area contributed by atoms with Gasteiger partial charge in [-0.2, -0.15) is 10.2 Å². The fraction of sp³-hybridized carbons (Fsp3) is 0.200. The van der Waals surface area contributed by atoms with E-state index in [1.54, 1.807) is 32.3 Å².